The molecule has 0 saturated heterocycles. The average molecular weight is 819 g/mol. The van der Waals surface area contributed by atoms with E-state index in [1.165, 1.54) is 12.2 Å². The highest BCUT2D eigenvalue weighted by molar-refractivity contribution is 9.09. The highest BCUT2D eigenvalue weighted by Gasteiger charge is 2.35. The van der Waals surface area contributed by atoms with Crippen molar-refractivity contribution in [2.75, 3.05) is 25.0 Å². The summed E-state index contributed by atoms with van der Waals surface area (Å²) in [4.78, 5) is 59.0. The molecular formula is C36H64BrN7O9. The fourth-order valence-electron chi connectivity index (χ4n) is 3.90. The molecule has 0 aromatic heterocycles. The number of ether oxygens (including phenoxy) is 5. The normalized spacial score (nSPS) is 13.1. The van der Waals surface area contributed by atoms with Gasteiger partial charge in [-0.15, -0.1) is 4.99 Å². The molecule has 6 N–H and O–H groups in total. The molecule has 0 aliphatic carbocycles. The number of carbonyl (C=O) groups excluding carboxylic acids is 4. The lowest BCUT2D eigenvalue weighted by molar-refractivity contribution is 0.0267. The van der Waals surface area contributed by atoms with Crippen LogP contribution in [0.1, 0.15) is 122 Å². The van der Waals surface area contributed by atoms with Gasteiger partial charge in [-0.25, -0.2) is 29.0 Å². The molecule has 0 heterocycles. The molecule has 53 heavy (non-hydrogen) atoms. The number of amidine groups is 1. The molecule has 0 spiro atoms. The second kappa shape index (κ2) is 22.3. The van der Waals surface area contributed by atoms with Crippen LogP contribution in [0.2, 0.25) is 0 Å². The Morgan fingerprint density at radius 3 is 1.60 bits per heavy atom. The fraction of sp³-hybridized carbons (Fsp3) is 0.722. The van der Waals surface area contributed by atoms with Gasteiger partial charge in [0.1, 0.15) is 22.4 Å². The first-order chi connectivity index (χ1) is 24.1. The van der Waals surface area contributed by atoms with E-state index in [4.69, 9.17) is 40.6 Å². The number of nitrogens with zero attached hydrogens (tertiary/aromatic N) is 3. The fourth-order valence-corrected chi connectivity index (χ4v) is 4.30. The van der Waals surface area contributed by atoms with E-state index in [1.807, 2.05) is 0 Å². The van der Waals surface area contributed by atoms with Gasteiger partial charge >= 0.3 is 24.4 Å². The molecule has 0 aliphatic heterocycles. The van der Waals surface area contributed by atoms with Crippen molar-refractivity contribution in [1.82, 2.24) is 15.1 Å². The number of aliphatic imine (C=N–C) groups is 1. The molecule has 0 saturated carbocycles. The zero-order chi connectivity index (χ0) is 41.2. The van der Waals surface area contributed by atoms with Crippen LogP contribution in [0.15, 0.2) is 28.7 Å². The Morgan fingerprint density at radius 1 is 0.679 bits per heavy atom. The Bertz CT molecular complexity index is 1320. The number of nitrogens with one attached hydrogen (secondary N) is 2. The van der Waals surface area contributed by atoms with Crippen molar-refractivity contribution in [3.63, 3.8) is 0 Å². The molecule has 0 radical (unpaired) electrons. The van der Waals surface area contributed by atoms with E-state index in [9.17, 15) is 19.2 Å². The lowest BCUT2D eigenvalue weighted by Crippen LogP contribution is -2.53. The summed E-state index contributed by atoms with van der Waals surface area (Å²) < 4.78 is 27.6. The maximum atomic E-state index is 13.8. The number of guanidine groups is 1. The second-order valence-electron chi connectivity index (χ2n) is 16.0. The van der Waals surface area contributed by atoms with Crippen molar-refractivity contribution in [2.45, 2.75) is 144 Å². The van der Waals surface area contributed by atoms with Crippen LogP contribution in [0, 0.1) is 5.41 Å². The molecular weight excluding hydrogens is 754 g/mol. The Hall–Kier alpha value is -4.02. The van der Waals surface area contributed by atoms with Crippen molar-refractivity contribution < 1.29 is 42.9 Å². The van der Waals surface area contributed by atoms with Gasteiger partial charge in [0.15, 0.2) is 11.7 Å². The van der Waals surface area contributed by atoms with Gasteiger partial charge in [0.2, 0.25) is 5.96 Å². The lowest BCUT2D eigenvalue weighted by atomic mass is 10.1. The van der Waals surface area contributed by atoms with E-state index >= 15 is 0 Å². The number of alkyl halides is 1. The summed E-state index contributed by atoms with van der Waals surface area (Å²) in [7, 11) is 0. The topological polar surface area (TPSA) is 221 Å². The number of unbranched alkanes of at least 4 members (excludes halogenated alkanes) is 4. The molecule has 16 nitrogen and oxygen atoms in total. The summed E-state index contributed by atoms with van der Waals surface area (Å²) in [6, 6.07) is 0. The van der Waals surface area contributed by atoms with E-state index in [0.717, 1.165) is 40.8 Å². The summed E-state index contributed by atoms with van der Waals surface area (Å²) in [5.41, 5.74) is 8.22. The minimum absolute atomic E-state index is 0.0390. The van der Waals surface area contributed by atoms with Crippen LogP contribution in [-0.2, 0) is 23.7 Å². The molecule has 0 bridgehead atoms. The van der Waals surface area contributed by atoms with E-state index < -0.39 is 52.6 Å². The van der Waals surface area contributed by atoms with E-state index in [2.05, 4.69) is 26.2 Å². The van der Waals surface area contributed by atoms with E-state index in [1.54, 1.807) is 83.1 Å². The first-order valence-electron chi connectivity index (χ1n) is 17.7. The molecule has 0 unspecified atom stereocenters. The van der Waals surface area contributed by atoms with Crippen molar-refractivity contribution in [2.24, 2.45) is 16.5 Å². The predicted octanol–water partition coefficient (Wildman–Crippen LogP) is 7.65. The predicted molar refractivity (Wildman–Crippen MR) is 209 cm³/mol. The lowest BCUT2D eigenvalue weighted by Gasteiger charge is -2.34. The molecule has 0 fully saturated rings. The Labute approximate surface area is 324 Å². The monoisotopic (exact) mass is 817 g/mol. The van der Waals surface area contributed by atoms with Gasteiger partial charge in [-0.05, 0) is 114 Å². The molecule has 304 valence electrons. The van der Waals surface area contributed by atoms with Gasteiger partial charge in [-0.1, -0.05) is 35.2 Å². The highest BCUT2D eigenvalue weighted by atomic mass is 79.9. The Kier molecular flexibility index (Phi) is 20.6. The standard InChI is InChI=1S/C36H64BrN7O9/c1-33(2,3)50-29(45)41-27(40)25(38)19-20-26(39)49-24-18-23-44(32(48)53-36(10,11)12)28(42-30(46)51-34(4,5)6)43(31(47)52-35(7,8)9)22-17-15-13-14-16-21-37/h19-20H,13-18,21-24,38-39H2,1-12H3,(H2,40,41,45)/b25-19-,26-20+,42-28?. The number of hydrogen-bond acceptors (Lipinski definition) is 12. The van der Waals surface area contributed by atoms with Crippen LogP contribution in [0.3, 0.4) is 0 Å². The number of hydrogen-bond donors (Lipinski definition) is 4. The number of amides is 4. The maximum Gasteiger partial charge on any atom is 0.437 e. The zero-order valence-electron chi connectivity index (χ0n) is 33.8. The van der Waals surface area contributed by atoms with Crippen LogP contribution < -0.4 is 16.8 Å². The van der Waals surface area contributed by atoms with Crippen LogP contribution in [0.25, 0.3) is 0 Å². The molecule has 0 aliphatic rings. The molecule has 0 atom stereocenters. The summed E-state index contributed by atoms with van der Waals surface area (Å²) in [5.74, 6) is -0.806. The highest BCUT2D eigenvalue weighted by Crippen LogP contribution is 2.19. The van der Waals surface area contributed by atoms with Crippen molar-refractivity contribution in [1.29, 1.82) is 5.41 Å². The third kappa shape index (κ3) is 24.8. The van der Waals surface area contributed by atoms with Gasteiger partial charge in [-0.2, -0.15) is 0 Å². The van der Waals surface area contributed by atoms with Crippen LogP contribution in [-0.4, -0.2) is 93.4 Å². The van der Waals surface area contributed by atoms with Crippen molar-refractivity contribution in [3.8, 4) is 0 Å². The number of nitrogens with two attached hydrogens (primary N) is 2. The van der Waals surface area contributed by atoms with E-state index in [0.29, 0.717) is 6.42 Å². The largest absolute Gasteiger partial charge is 0.479 e. The first-order valence-corrected chi connectivity index (χ1v) is 18.8. The van der Waals surface area contributed by atoms with Crippen LogP contribution in [0.5, 0.6) is 0 Å². The summed E-state index contributed by atoms with van der Waals surface area (Å²) >= 11 is 3.44. The first kappa shape index (κ1) is 49.0. The number of rotatable bonds is 14. The van der Waals surface area contributed by atoms with Gasteiger partial charge in [-0.3, -0.25) is 10.7 Å². The third-order valence-electron chi connectivity index (χ3n) is 5.95. The molecule has 0 rings (SSSR count). The quantitative estimate of drug-likeness (QED) is 0.0254. The van der Waals surface area contributed by atoms with Gasteiger partial charge in [0.05, 0.1) is 12.3 Å². The minimum atomic E-state index is -1.02. The van der Waals surface area contributed by atoms with Gasteiger partial charge in [0, 0.05) is 18.4 Å². The smallest absolute Gasteiger partial charge is 0.437 e. The summed E-state index contributed by atoms with van der Waals surface area (Å²) in [6.45, 7) is 20.1. The number of alkyl carbamates (subject to hydrolysis) is 1. The van der Waals surface area contributed by atoms with Crippen molar-refractivity contribution in [3.05, 3.63) is 23.7 Å². The third-order valence-corrected chi connectivity index (χ3v) is 6.51. The Morgan fingerprint density at radius 2 is 1.13 bits per heavy atom. The van der Waals surface area contributed by atoms with Crippen LogP contribution in [0.4, 0.5) is 19.2 Å². The molecule has 17 heteroatoms. The van der Waals surface area contributed by atoms with Gasteiger partial charge in [0.25, 0.3) is 0 Å². The zero-order valence-corrected chi connectivity index (χ0v) is 35.4. The second-order valence-corrected chi connectivity index (χ2v) is 16.8. The maximum absolute atomic E-state index is 13.8. The number of allylic oxidation sites excluding steroid dienone is 2. The van der Waals surface area contributed by atoms with Crippen LogP contribution >= 0.6 is 15.9 Å². The molecule has 0 aromatic carbocycles. The van der Waals surface area contributed by atoms with Gasteiger partial charge < -0.3 is 35.2 Å². The molecule has 0 aromatic rings. The summed E-state index contributed by atoms with van der Waals surface area (Å²) in [5, 5.41) is 11.1. The Balaban J connectivity index is 6.47. The molecule has 4 amide bonds. The number of halogens is 1. The SMILES string of the molecule is CC(C)(C)OC(=O)N=C(N(CCCCCCCBr)C(=O)OC(C)(C)C)N(CCCO/C(N)=C/C=C(\N)C(=N)NC(=O)OC(C)(C)C)C(=O)OC(C)(C)C. The number of carbonyl (C=O) groups is 4. The minimum Gasteiger partial charge on any atom is -0.479 e. The summed E-state index contributed by atoms with van der Waals surface area (Å²) in [6.07, 6.45) is 3.36. The average Bonchev–Trinajstić information content (AvgIpc) is 2.94. The van der Waals surface area contributed by atoms with E-state index in [-0.39, 0.29) is 43.7 Å². The van der Waals surface area contributed by atoms with Crippen molar-refractivity contribution >= 4 is 52.1 Å².